The van der Waals surface area contributed by atoms with Crippen molar-refractivity contribution in [1.82, 2.24) is 15.3 Å². The summed E-state index contributed by atoms with van der Waals surface area (Å²) in [6.45, 7) is 5.04. The van der Waals surface area contributed by atoms with Gasteiger partial charge in [0.1, 0.15) is 11.4 Å². The molecule has 3 aromatic rings. The number of nitrogens with zero attached hydrogens (tertiary/aromatic N) is 2. The second-order valence-electron chi connectivity index (χ2n) is 8.32. The highest BCUT2D eigenvalue weighted by Crippen LogP contribution is 2.33. The zero-order valence-electron chi connectivity index (χ0n) is 19.4. The molecule has 35 heavy (non-hydrogen) atoms. The Morgan fingerprint density at radius 1 is 1.23 bits per heavy atom. The zero-order valence-corrected chi connectivity index (χ0v) is 21.0. The minimum atomic E-state index is -3.88. The number of carbonyl (C=O) groups excluding carboxylic acids is 1. The molecule has 1 amide bonds. The van der Waals surface area contributed by atoms with Gasteiger partial charge in [0.15, 0.2) is 5.13 Å². The van der Waals surface area contributed by atoms with E-state index < -0.39 is 10.0 Å². The summed E-state index contributed by atoms with van der Waals surface area (Å²) in [4.78, 5) is 21.3. The van der Waals surface area contributed by atoms with Crippen molar-refractivity contribution >= 4 is 38.1 Å². The quantitative estimate of drug-likeness (QED) is 0.413. The number of hydrogen-bond donors (Lipinski definition) is 3. The lowest BCUT2D eigenvalue weighted by atomic mass is 10.1. The lowest BCUT2D eigenvalue weighted by Gasteiger charge is -2.22. The number of nitrogens with two attached hydrogens (primary N) is 1. The molecule has 0 radical (unpaired) electrons. The van der Waals surface area contributed by atoms with E-state index in [2.05, 4.69) is 20.6 Å². The molecule has 0 saturated carbocycles. The Balaban J connectivity index is 1.49. The van der Waals surface area contributed by atoms with Crippen LogP contribution in [0.25, 0.3) is 11.3 Å². The van der Waals surface area contributed by atoms with Crippen molar-refractivity contribution in [3.63, 3.8) is 0 Å². The number of pyridine rings is 1. The number of benzene rings is 1. The third-order valence-corrected chi connectivity index (χ3v) is 6.91. The Hall–Kier alpha value is -3.06. The van der Waals surface area contributed by atoms with Crippen LogP contribution in [0.4, 0.5) is 10.8 Å². The fourth-order valence-corrected chi connectivity index (χ4v) is 4.77. The molecule has 3 heterocycles. The van der Waals surface area contributed by atoms with Crippen molar-refractivity contribution < 1.29 is 22.7 Å². The first-order valence-electron chi connectivity index (χ1n) is 11.1. The molecule has 0 spiro atoms. The number of anilines is 2. The van der Waals surface area contributed by atoms with E-state index in [9.17, 15) is 13.2 Å². The average molecular weight is 518 g/mol. The van der Waals surface area contributed by atoms with Gasteiger partial charge in [-0.25, -0.2) is 18.5 Å². The van der Waals surface area contributed by atoms with Crippen LogP contribution in [0.3, 0.4) is 0 Å². The van der Waals surface area contributed by atoms with Crippen LogP contribution in [0.1, 0.15) is 37.2 Å². The van der Waals surface area contributed by atoms with Crippen molar-refractivity contribution in [1.29, 1.82) is 0 Å². The molecule has 0 unspecified atom stereocenters. The number of thiazole rings is 1. The Labute approximate surface area is 207 Å². The van der Waals surface area contributed by atoms with Gasteiger partial charge in [-0.05, 0) is 57.0 Å². The molecule has 1 fully saturated rings. The van der Waals surface area contributed by atoms with Gasteiger partial charge >= 0.3 is 0 Å². The molecule has 0 aliphatic carbocycles. The zero-order chi connectivity index (χ0) is 25.0. The number of nitrogens with one attached hydrogen (secondary N) is 2. The first kappa shape index (κ1) is 25.0. The number of sulfonamides is 1. The van der Waals surface area contributed by atoms with E-state index in [0.717, 1.165) is 18.4 Å². The Kier molecular flexibility index (Phi) is 7.65. The molecule has 12 heteroatoms. The smallest absolute Gasteiger partial charge is 0.270 e. The lowest BCUT2D eigenvalue weighted by Crippen LogP contribution is -2.39. The van der Waals surface area contributed by atoms with E-state index in [1.165, 1.54) is 23.5 Å². The van der Waals surface area contributed by atoms with Crippen molar-refractivity contribution in [2.45, 2.75) is 43.7 Å². The second-order valence-corrected chi connectivity index (χ2v) is 10.7. The molecular weight excluding hydrogens is 490 g/mol. The molecule has 0 atom stereocenters. The van der Waals surface area contributed by atoms with Gasteiger partial charge in [-0.1, -0.05) is 0 Å². The van der Waals surface area contributed by atoms with E-state index in [-0.39, 0.29) is 22.9 Å². The monoisotopic (exact) mass is 517 g/mol. The summed E-state index contributed by atoms with van der Waals surface area (Å²) in [6.07, 6.45) is 3.08. The van der Waals surface area contributed by atoms with E-state index >= 15 is 0 Å². The molecular formula is C23H27N5O5S2. The van der Waals surface area contributed by atoms with Crippen LogP contribution < -0.4 is 20.5 Å². The number of carbonyl (C=O) groups is 1. The van der Waals surface area contributed by atoms with E-state index in [1.54, 1.807) is 24.4 Å². The van der Waals surface area contributed by atoms with Crippen LogP contribution in [-0.2, 0) is 14.8 Å². The molecule has 4 rings (SSSR count). The summed E-state index contributed by atoms with van der Waals surface area (Å²) in [6, 6.07) is 7.94. The third kappa shape index (κ3) is 6.54. The van der Waals surface area contributed by atoms with Crippen molar-refractivity contribution in [2.75, 3.05) is 18.5 Å². The molecule has 1 aliphatic heterocycles. The summed E-state index contributed by atoms with van der Waals surface area (Å²) < 4.78 is 34.7. The van der Waals surface area contributed by atoms with Gasteiger partial charge in [-0.15, -0.1) is 11.3 Å². The standard InChI is InChI=1S/C23H27N5O5S2/c1-14(2)33-21-6-4-17(35(24,30)31)11-19(21)27-23-28-20(13-34-23)15-3-5-18(25-12-15)22(29)26-16-7-9-32-10-8-16/h3-6,11-14,16H,7-10H2,1-2H3,(H,26,29)(H,27,28)(H2,24,30,31). The summed E-state index contributed by atoms with van der Waals surface area (Å²) in [5, 5.41) is 13.8. The molecule has 1 saturated heterocycles. The summed E-state index contributed by atoms with van der Waals surface area (Å²) in [5.41, 5.74) is 2.18. The second kappa shape index (κ2) is 10.7. The Morgan fingerprint density at radius 2 is 2.00 bits per heavy atom. The van der Waals surface area contributed by atoms with Gasteiger partial charge in [-0.2, -0.15) is 0 Å². The van der Waals surface area contributed by atoms with Crippen LogP contribution in [-0.4, -0.2) is 49.7 Å². The minimum Gasteiger partial charge on any atom is -0.489 e. The Bertz CT molecular complexity index is 1290. The third-order valence-electron chi connectivity index (χ3n) is 5.24. The maximum Gasteiger partial charge on any atom is 0.270 e. The maximum absolute atomic E-state index is 12.5. The molecule has 186 valence electrons. The number of aromatic nitrogens is 2. The SMILES string of the molecule is CC(C)Oc1ccc(S(N)(=O)=O)cc1Nc1nc(-c2ccc(C(=O)NC3CCOCC3)nc2)cs1. The predicted octanol–water partition coefficient (Wildman–Crippen LogP) is 3.29. The number of hydrogen-bond acceptors (Lipinski definition) is 9. The van der Waals surface area contributed by atoms with Crippen LogP contribution in [0.2, 0.25) is 0 Å². The highest BCUT2D eigenvalue weighted by molar-refractivity contribution is 7.89. The van der Waals surface area contributed by atoms with Crippen molar-refractivity contribution in [3.05, 3.63) is 47.6 Å². The van der Waals surface area contributed by atoms with Crippen LogP contribution in [0.5, 0.6) is 5.75 Å². The fourth-order valence-electron chi connectivity index (χ4n) is 3.50. The molecule has 4 N–H and O–H groups in total. The van der Waals surface area contributed by atoms with Crippen LogP contribution >= 0.6 is 11.3 Å². The minimum absolute atomic E-state index is 0.0355. The van der Waals surface area contributed by atoms with Gasteiger partial charge in [0.25, 0.3) is 5.91 Å². The average Bonchev–Trinajstić information content (AvgIpc) is 3.28. The molecule has 10 nitrogen and oxygen atoms in total. The van der Waals surface area contributed by atoms with Crippen LogP contribution in [0.15, 0.2) is 46.8 Å². The van der Waals surface area contributed by atoms with E-state index in [0.29, 0.717) is 41.2 Å². The normalized spacial score (nSPS) is 14.6. The molecule has 2 aromatic heterocycles. The van der Waals surface area contributed by atoms with Gasteiger partial charge < -0.3 is 20.1 Å². The fraction of sp³-hybridized carbons (Fsp3) is 0.348. The topological polar surface area (TPSA) is 146 Å². The summed E-state index contributed by atoms with van der Waals surface area (Å²) in [7, 11) is -3.88. The number of rotatable bonds is 8. The van der Waals surface area contributed by atoms with Gasteiger partial charge in [0.2, 0.25) is 10.0 Å². The molecule has 1 aromatic carbocycles. The summed E-state index contributed by atoms with van der Waals surface area (Å²) >= 11 is 1.34. The number of ether oxygens (including phenoxy) is 2. The number of primary sulfonamides is 1. The van der Waals surface area contributed by atoms with Gasteiger partial charge in [-0.3, -0.25) is 9.78 Å². The largest absolute Gasteiger partial charge is 0.489 e. The number of amides is 1. The maximum atomic E-state index is 12.5. The highest BCUT2D eigenvalue weighted by atomic mass is 32.2. The van der Waals surface area contributed by atoms with Gasteiger partial charge in [0, 0.05) is 36.4 Å². The van der Waals surface area contributed by atoms with Crippen molar-refractivity contribution in [3.8, 4) is 17.0 Å². The first-order valence-corrected chi connectivity index (χ1v) is 13.5. The van der Waals surface area contributed by atoms with Gasteiger partial charge in [0.05, 0.1) is 22.4 Å². The molecule has 1 aliphatic rings. The first-order chi connectivity index (χ1) is 16.7. The van der Waals surface area contributed by atoms with E-state index in [4.69, 9.17) is 14.6 Å². The lowest BCUT2D eigenvalue weighted by molar-refractivity contribution is 0.0694. The molecule has 0 bridgehead atoms. The van der Waals surface area contributed by atoms with Crippen LogP contribution in [0, 0.1) is 0 Å². The van der Waals surface area contributed by atoms with E-state index in [1.807, 2.05) is 19.2 Å². The summed E-state index contributed by atoms with van der Waals surface area (Å²) in [5.74, 6) is 0.266. The predicted molar refractivity (Wildman–Crippen MR) is 134 cm³/mol. The van der Waals surface area contributed by atoms with Crippen molar-refractivity contribution in [2.24, 2.45) is 5.14 Å². The Morgan fingerprint density at radius 3 is 2.66 bits per heavy atom. The highest BCUT2D eigenvalue weighted by Gasteiger charge is 2.18.